The fourth-order valence-corrected chi connectivity index (χ4v) is 1.82. The first-order valence-electron chi connectivity index (χ1n) is 6.11. The summed E-state index contributed by atoms with van der Waals surface area (Å²) in [4.78, 5) is 32.5. The van der Waals surface area contributed by atoms with E-state index in [9.17, 15) is 24.8 Å². The molecule has 114 valence electrons. The fourth-order valence-electron chi connectivity index (χ4n) is 1.82. The molecule has 0 aliphatic rings. The second-order valence-electron chi connectivity index (χ2n) is 4.40. The maximum Gasteiger partial charge on any atom is 0.372 e. The Morgan fingerprint density at radius 1 is 1.38 bits per heavy atom. The van der Waals surface area contributed by atoms with E-state index in [0.717, 1.165) is 13.8 Å². The summed E-state index contributed by atoms with van der Waals surface area (Å²) in [5, 5.41) is 24.1. The molecule has 1 aromatic carbocycles. The Bertz CT molecular complexity index is 533. The first kappa shape index (κ1) is 16.6. The van der Waals surface area contributed by atoms with Gasteiger partial charge in [0.05, 0.1) is 10.5 Å². The minimum Gasteiger partial charge on any atom is -0.463 e. The minimum absolute atomic E-state index is 0.0269. The van der Waals surface area contributed by atoms with Gasteiger partial charge in [0.2, 0.25) is 5.91 Å². The fraction of sp³-hybridized carbons (Fsp3) is 0.385. The van der Waals surface area contributed by atoms with Gasteiger partial charge in [-0.1, -0.05) is 18.2 Å². The van der Waals surface area contributed by atoms with E-state index in [-0.39, 0.29) is 5.56 Å². The number of rotatable bonds is 6. The number of carbonyl (C=O) groups is 2. The summed E-state index contributed by atoms with van der Waals surface area (Å²) in [5.41, 5.74) is -2.64. The van der Waals surface area contributed by atoms with Crippen LogP contribution < -0.4 is 5.32 Å². The number of hydrogen-bond acceptors (Lipinski definition) is 6. The molecule has 0 fully saturated rings. The van der Waals surface area contributed by atoms with Crippen LogP contribution in [-0.4, -0.2) is 34.6 Å². The molecule has 0 aromatic heterocycles. The van der Waals surface area contributed by atoms with Crippen LogP contribution in [0, 0.1) is 10.1 Å². The summed E-state index contributed by atoms with van der Waals surface area (Å²) in [6.45, 7) is 1.74. The number of benzene rings is 1. The van der Waals surface area contributed by atoms with Gasteiger partial charge in [0.15, 0.2) is 6.04 Å². The van der Waals surface area contributed by atoms with E-state index in [2.05, 4.69) is 5.32 Å². The van der Waals surface area contributed by atoms with Crippen molar-refractivity contribution in [3.63, 3.8) is 0 Å². The summed E-state index contributed by atoms with van der Waals surface area (Å²) in [6.07, 6.45) is 0. The van der Waals surface area contributed by atoms with E-state index in [4.69, 9.17) is 4.74 Å². The molecule has 0 heterocycles. The van der Waals surface area contributed by atoms with E-state index in [1.807, 2.05) is 0 Å². The highest BCUT2D eigenvalue weighted by Crippen LogP contribution is 2.26. The number of ether oxygens (including phenoxy) is 1. The van der Waals surface area contributed by atoms with Gasteiger partial charge in [-0.15, -0.1) is 0 Å². The van der Waals surface area contributed by atoms with Crippen molar-refractivity contribution in [1.29, 1.82) is 0 Å². The summed E-state index contributed by atoms with van der Waals surface area (Å²) < 4.78 is 4.70. The lowest BCUT2D eigenvalue weighted by atomic mass is 9.95. The molecule has 0 spiro atoms. The van der Waals surface area contributed by atoms with Crippen LogP contribution in [0.4, 0.5) is 0 Å². The number of amides is 1. The number of nitrogens with zero attached hydrogens (tertiary/aromatic N) is 1. The van der Waals surface area contributed by atoms with Gasteiger partial charge >= 0.3 is 11.7 Å². The Morgan fingerprint density at radius 3 is 2.38 bits per heavy atom. The third-order valence-electron chi connectivity index (χ3n) is 2.79. The lowest BCUT2D eigenvalue weighted by Gasteiger charge is -2.28. The molecule has 1 rings (SSSR count). The zero-order valence-electron chi connectivity index (χ0n) is 11.6. The summed E-state index contributed by atoms with van der Waals surface area (Å²) in [7, 11) is 0. The predicted octanol–water partition coefficient (Wildman–Crippen LogP) is 0.176. The first-order chi connectivity index (χ1) is 9.78. The lowest BCUT2D eigenvalue weighted by Crippen LogP contribution is -2.57. The zero-order chi connectivity index (χ0) is 16.0. The van der Waals surface area contributed by atoms with Crippen molar-refractivity contribution in [3.05, 3.63) is 46.0 Å². The van der Waals surface area contributed by atoms with Crippen LogP contribution in [0.25, 0.3) is 0 Å². The highest BCUT2D eigenvalue weighted by molar-refractivity contribution is 5.73. The molecule has 1 amide bonds. The van der Waals surface area contributed by atoms with Crippen molar-refractivity contribution in [3.8, 4) is 0 Å². The van der Waals surface area contributed by atoms with Gasteiger partial charge in [-0.05, 0) is 12.1 Å². The van der Waals surface area contributed by atoms with Crippen LogP contribution >= 0.6 is 0 Å². The first-order valence-corrected chi connectivity index (χ1v) is 6.11. The Labute approximate surface area is 120 Å². The summed E-state index contributed by atoms with van der Waals surface area (Å²) in [5.74, 6) is -1.27. The van der Waals surface area contributed by atoms with E-state index in [1.54, 1.807) is 6.07 Å². The third-order valence-corrected chi connectivity index (χ3v) is 2.79. The van der Waals surface area contributed by atoms with Crippen LogP contribution in [0.2, 0.25) is 0 Å². The molecule has 0 aliphatic carbocycles. The van der Waals surface area contributed by atoms with Gasteiger partial charge in [-0.2, -0.15) is 0 Å². The number of nitrogens with one attached hydrogen (secondary N) is 1. The molecule has 2 N–H and O–H groups in total. The summed E-state index contributed by atoms with van der Waals surface area (Å²) in [6, 6.07) is 5.94. The molecule has 0 saturated heterocycles. The van der Waals surface area contributed by atoms with Crippen LogP contribution in [0.1, 0.15) is 19.4 Å². The quantitative estimate of drug-likeness (QED) is 0.334. The Kier molecular flexibility index (Phi) is 5.37. The van der Waals surface area contributed by atoms with E-state index in [0.29, 0.717) is 0 Å². The van der Waals surface area contributed by atoms with Crippen molar-refractivity contribution < 1.29 is 24.4 Å². The smallest absolute Gasteiger partial charge is 0.372 e. The lowest BCUT2D eigenvalue weighted by molar-refractivity contribution is -0.641. The van der Waals surface area contributed by atoms with E-state index in [1.165, 1.54) is 24.3 Å². The molecule has 2 unspecified atom stereocenters. The van der Waals surface area contributed by atoms with Crippen LogP contribution in [0.3, 0.4) is 0 Å². The topological polar surface area (TPSA) is 119 Å². The zero-order valence-corrected chi connectivity index (χ0v) is 11.6. The average molecular weight is 296 g/mol. The highest BCUT2D eigenvalue weighted by Gasteiger charge is 2.52. The van der Waals surface area contributed by atoms with Crippen LogP contribution in [0.5, 0.6) is 0 Å². The molecule has 0 bridgehead atoms. The van der Waals surface area contributed by atoms with Crippen molar-refractivity contribution in [2.75, 3.05) is 6.61 Å². The molecule has 8 heteroatoms. The largest absolute Gasteiger partial charge is 0.463 e. The molecular formula is C13H16N2O6. The normalized spacial score (nSPS) is 14.6. The number of esters is 1. The number of aliphatic hydroxyl groups is 1. The predicted molar refractivity (Wildman–Crippen MR) is 71.6 cm³/mol. The third kappa shape index (κ3) is 3.99. The SMILES string of the molecule is CC(=O)NC(COC(C)=O)C(O)(c1ccccc1)[N+](=O)[O-]. The van der Waals surface area contributed by atoms with Crippen LogP contribution in [-0.2, 0) is 20.1 Å². The molecule has 0 radical (unpaired) electrons. The molecule has 0 saturated carbocycles. The maximum absolute atomic E-state index is 11.4. The Balaban J connectivity index is 3.21. The minimum atomic E-state index is -2.61. The van der Waals surface area contributed by atoms with Crippen LogP contribution in [0.15, 0.2) is 30.3 Å². The second kappa shape index (κ2) is 6.80. The van der Waals surface area contributed by atoms with Gasteiger partial charge in [-0.3, -0.25) is 19.7 Å². The number of hydrogen-bond donors (Lipinski definition) is 2. The molecule has 8 nitrogen and oxygen atoms in total. The Hall–Kier alpha value is -2.48. The van der Waals surface area contributed by atoms with E-state index >= 15 is 0 Å². The van der Waals surface area contributed by atoms with Crippen molar-refractivity contribution in [2.45, 2.75) is 25.6 Å². The Morgan fingerprint density at radius 2 is 1.95 bits per heavy atom. The average Bonchev–Trinajstić information content (AvgIpc) is 2.42. The summed E-state index contributed by atoms with van der Waals surface area (Å²) >= 11 is 0. The maximum atomic E-state index is 11.4. The molecular weight excluding hydrogens is 280 g/mol. The van der Waals surface area contributed by atoms with Gasteiger partial charge in [0.1, 0.15) is 6.61 Å². The number of nitro groups is 1. The van der Waals surface area contributed by atoms with E-state index < -0.39 is 35.2 Å². The van der Waals surface area contributed by atoms with Gasteiger partial charge < -0.3 is 15.2 Å². The van der Waals surface area contributed by atoms with Gasteiger partial charge in [0.25, 0.3) is 0 Å². The monoisotopic (exact) mass is 296 g/mol. The standard InChI is InChI=1S/C13H16N2O6/c1-9(16)14-12(8-21-10(2)17)13(18,15(19)20)11-6-4-3-5-7-11/h3-7,12,18H,8H2,1-2H3,(H,14,16). The van der Waals surface area contributed by atoms with Crippen molar-refractivity contribution in [2.24, 2.45) is 0 Å². The molecule has 0 aliphatic heterocycles. The van der Waals surface area contributed by atoms with Crippen molar-refractivity contribution >= 4 is 11.9 Å². The molecule has 2 atom stereocenters. The second-order valence-corrected chi connectivity index (χ2v) is 4.40. The van der Waals surface area contributed by atoms with Gasteiger partial charge in [-0.25, -0.2) is 0 Å². The van der Waals surface area contributed by atoms with Gasteiger partial charge in [0, 0.05) is 13.8 Å². The molecule has 1 aromatic rings. The molecule has 21 heavy (non-hydrogen) atoms. The number of carbonyl (C=O) groups excluding carboxylic acids is 2. The highest BCUT2D eigenvalue weighted by atomic mass is 16.7. The van der Waals surface area contributed by atoms with Crippen molar-refractivity contribution in [1.82, 2.24) is 5.32 Å².